The second-order valence-corrected chi connectivity index (χ2v) is 8.70. The van der Waals surface area contributed by atoms with Crippen molar-refractivity contribution < 1.29 is 18.0 Å². The van der Waals surface area contributed by atoms with Crippen molar-refractivity contribution >= 4 is 33.1 Å². The molecule has 0 fully saturated rings. The number of sulfonamides is 1. The highest BCUT2D eigenvalue weighted by Gasteiger charge is 2.15. The van der Waals surface area contributed by atoms with Gasteiger partial charge in [-0.05, 0) is 80.4 Å². The molecule has 0 aliphatic heterocycles. The van der Waals surface area contributed by atoms with Gasteiger partial charge in [0, 0.05) is 22.5 Å². The van der Waals surface area contributed by atoms with E-state index in [4.69, 9.17) is 0 Å². The van der Waals surface area contributed by atoms with Gasteiger partial charge in [-0.25, -0.2) is 8.42 Å². The number of benzene rings is 3. The number of amides is 1. The molecule has 0 bridgehead atoms. The Bertz CT molecular complexity index is 1200. The van der Waals surface area contributed by atoms with E-state index in [1.165, 1.54) is 43.3 Å². The summed E-state index contributed by atoms with van der Waals surface area (Å²) in [7, 11) is -3.81. The number of hydrogen-bond donors (Lipinski definition) is 2. The Morgan fingerprint density at radius 1 is 0.733 bits per heavy atom. The van der Waals surface area contributed by atoms with Gasteiger partial charge in [0.15, 0.2) is 5.78 Å². The van der Waals surface area contributed by atoms with Crippen molar-refractivity contribution in [1.82, 2.24) is 0 Å². The number of hydrogen-bond acceptors (Lipinski definition) is 4. The lowest BCUT2D eigenvalue weighted by molar-refractivity contribution is 0.101. The number of carbonyl (C=O) groups excluding carboxylic acids is 2. The monoisotopic (exact) mass is 422 g/mol. The number of anilines is 2. The van der Waals surface area contributed by atoms with E-state index in [1.807, 2.05) is 32.0 Å². The maximum Gasteiger partial charge on any atom is 0.261 e. The van der Waals surface area contributed by atoms with Crippen molar-refractivity contribution in [3.63, 3.8) is 0 Å². The number of rotatable bonds is 6. The molecule has 0 aliphatic carbocycles. The third-order valence-corrected chi connectivity index (χ3v) is 6.13. The number of ketones is 1. The van der Waals surface area contributed by atoms with Crippen LogP contribution in [0.25, 0.3) is 0 Å². The summed E-state index contributed by atoms with van der Waals surface area (Å²) in [4.78, 5) is 23.8. The van der Waals surface area contributed by atoms with Crippen molar-refractivity contribution in [2.75, 3.05) is 10.0 Å². The maximum atomic E-state index is 12.5. The highest BCUT2D eigenvalue weighted by atomic mass is 32.2. The normalized spacial score (nSPS) is 11.0. The van der Waals surface area contributed by atoms with Gasteiger partial charge in [0.25, 0.3) is 15.9 Å². The zero-order chi connectivity index (χ0) is 21.9. The zero-order valence-corrected chi connectivity index (χ0v) is 17.7. The van der Waals surface area contributed by atoms with Crippen LogP contribution in [0.2, 0.25) is 0 Å². The van der Waals surface area contributed by atoms with Gasteiger partial charge in [-0.3, -0.25) is 14.3 Å². The number of nitrogens with one attached hydrogen (secondary N) is 2. The molecule has 0 saturated carbocycles. The van der Waals surface area contributed by atoms with E-state index >= 15 is 0 Å². The first-order valence-corrected chi connectivity index (χ1v) is 10.8. The molecule has 0 radical (unpaired) electrons. The van der Waals surface area contributed by atoms with E-state index < -0.39 is 10.0 Å². The number of carbonyl (C=O) groups is 2. The van der Waals surface area contributed by atoms with Gasteiger partial charge in [-0.15, -0.1) is 0 Å². The van der Waals surface area contributed by atoms with Gasteiger partial charge < -0.3 is 5.32 Å². The van der Waals surface area contributed by atoms with Crippen LogP contribution < -0.4 is 10.0 Å². The molecular formula is C23H22N2O4S. The smallest absolute Gasteiger partial charge is 0.261 e. The minimum absolute atomic E-state index is 0.0454. The quantitative estimate of drug-likeness (QED) is 0.570. The van der Waals surface area contributed by atoms with E-state index in [2.05, 4.69) is 10.0 Å². The molecule has 0 heterocycles. The van der Waals surface area contributed by atoms with Crippen molar-refractivity contribution in [2.24, 2.45) is 0 Å². The first-order valence-electron chi connectivity index (χ1n) is 9.28. The lowest BCUT2D eigenvalue weighted by Gasteiger charge is -2.10. The summed E-state index contributed by atoms with van der Waals surface area (Å²) < 4.78 is 27.5. The molecule has 3 aromatic rings. The summed E-state index contributed by atoms with van der Waals surface area (Å²) in [5.41, 5.74) is 4.08. The molecule has 6 nitrogen and oxygen atoms in total. The fourth-order valence-corrected chi connectivity index (χ4v) is 3.85. The summed E-state index contributed by atoms with van der Waals surface area (Å²) in [5, 5.41) is 2.83. The van der Waals surface area contributed by atoms with Crippen molar-refractivity contribution in [3.05, 3.63) is 89.0 Å². The SMILES string of the molecule is CC(=O)c1ccc(S(=O)(=O)Nc2ccc(C(=O)Nc3ccc(C)c(C)c3)cc2)cc1. The van der Waals surface area contributed by atoms with E-state index in [1.54, 1.807) is 12.1 Å². The highest BCUT2D eigenvalue weighted by Crippen LogP contribution is 2.19. The molecule has 154 valence electrons. The van der Waals surface area contributed by atoms with E-state index in [0.717, 1.165) is 11.1 Å². The van der Waals surface area contributed by atoms with Crippen LogP contribution >= 0.6 is 0 Å². The molecule has 30 heavy (non-hydrogen) atoms. The van der Waals surface area contributed by atoms with Crippen molar-refractivity contribution in [1.29, 1.82) is 0 Å². The maximum absolute atomic E-state index is 12.5. The molecule has 0 spiro atoms. The molecule has 0 aliphatic rings. The molecule has 0 unspecified atom stereocenters. The van der Waals surface area contributed by atoms with E-state index in [-0.39, 0.29) is 16.6 Å². The van der Waals surface area contributed by atoms with Crippen LogP contribution in [0.4, 0.5) is 11.4 Å². The van der Waals surface area contributed by atoms with Crippen molar-refractivity contribution in [3.8, 4) is 0 Å². The molecule has 7 heteroatoms. The average Bonchev–Trinajstić information content (AvgIpc) is 2.71. The third kappa shape index (κ3) is 4.93. The fourth-order valence-electron chi connectivity index (χ4n) is 2.79. The van der Waals surface area contributed by atoms with E-state index in [0.29, 0.717) is 22.5 Å². The summed E-state index contributed by atoms with van der Waals surface area (Å²) >= 11 is 0. The third-order valence-electron chi connectivity index (χ3n) is 4.74. The molecule has 2 N–H and O–H groups in total. The largest absolute Gasteiger partial charge is 0.322 e. The van der Waals surface area contributed by atoms with Gasteiger partial charge in [0.1, 0.15) is 0 Å². The van der Waals surface area contributed by atoms with Crippen LogP contribution in [-0.4, -0.2) is 20.1 Å². The van der Waals surface area contributed by atoms with Crippen molar-refractivity contribution in [2.45, 2.75) is 25.7 Å². The first kappa shape index (κ1) is 21.3. The summed E-state index contributed by atoms with van der Waals surface area (Å²) in [5.74, 6) is -0.422. The van der Waals surface area contributed by atoms with E-state index in [9.17, 15) is 18.0 Å². The number of aryl methyl sites for hydroxylation is 2. The Morgan fingerprint density at radius 3 is 1.87 bits per heavy atom. The van der Waals surface area contributed by atoms with Gasteiger partial charge >= 0.3 is 0 Å². The lowest BCUT2D eigenvalue weighted by atomic mass is 10.1. The second-order valence-electron chi connectivity index (χ2n) is 7.02. The molecule has 1 amide bonds. The topological polar surface area (TPSA) is 92.3 Å². The van der Waals surface area contributed by atoms with Gasteiger partial charge in [0.2, 0.25) is 0 Å². The predicted octanol–water partition coefficient (Wildman–Crippen LogP) is 4.56. The van der Waals surface area contributed by atoms with Gasteiger partial charge in [0.05, 0.1) is 4.90 Å². The molecular weight excluding hydrogens is 400 g/mol. The standard InChI is InChI=1S/C23H22N2O4S/c1-15-4-9-21(14-16(15)2)24-23(27)19-5-10-20(11-6-19)25-30(28,29)22-12-7-18(8-13-22)17(3)26/h4-14,25H,1-3H3,(H,24,27). The molecule has 3 aromatic carbocycles. The van der Waals surface area contributed by atoms with Crippen LogP contribution in [-0.2, 0) is 10.0 Å². The summed E-state index contributed by atoms with van der Waals surface area (Å²) in [6.07, 6.45) is 0. The Hall–Kier alpha value is -3.45. The molecule has 0 atom stereocenters. The molecule has 0 aromatic heterocycles. The zero-order valence-electron chi connectivity index (χ0n) is 16.9. The van der Waals surface area contributed by atoms with Crippen LogP contribution in [0.3, 0.4) is 0 Å². The fraction of sp³-hybridized carbons (Fsp3) is 0.130. The summed E-state index contributed by atoms with van der Waals surface area (Å²) in [6.45, 7) is 5.39. The Labute approximate surface area is 176 Å². The Kier molecular flexibility index (Phi) is 6.03. The first-order chi connectivity index (χ1) is 14.2. The predicted molar refractivity (Wildman–Crippen MR) is 118 cm³/mol. The van der Waals surface area contributed by atoms with Crippen LogP contribution in [0.15, 0.2) is 71.6 Å². The van der Waals surface area contributed by atoms with Gasteiger partial charge in [-0.2, -0.15) is 0 Å². The average molecular weight is 423 g/mol. The second kappa shape index (κ2) is 8.51. The minimum Gasteiger partial charge on any atom is -0.322 e. The van der Waals surface area contributed by atoms with Crippen LogP contribution in [0.1, 0.15) is 38.8 Å². The van der Waals surface area contributed by atoms with Crippen LogP contribution in [0.5, 0.6) is 0 Å². The molecule has 3 rings (SSSR count). The number of Topliss-reactive ketones (excluding diaryl/α,β-unsaturated/α-hetero) is 1. The highest BCUT2D eigenvalue weighted by molar-refractivity contribution is 7.92. The minimum atomic E-state index is -3.81. The molecule has 0 saturated heterocycles. The summed E-state index contributed by atoms with van der Waals surface area (Å²) in [6, 6.07) is 17.5. The Morgan fingerprint density at radius 2 is 1.30 bits per heavy atom. The lowest BCUT2D eigenvalue weighted by Crippen LogP contribution is -2.14. The van der Waals surface area contributed by atoms with Gasteiger partial charge in [-0.1, -0.05) is 18.2 Å². The Balaban J connectivity index is 1.70. The van der Waals surface area contributed by atoms with Crippen LogP contribution in [0, 0.1) is 13.8 Å².